The van der Waals surface area contributed by atoms with E-state index in [1.54, 1.807) is 13.8 Å². The lowest BCUT2D eigenvalue weighted by atomic mass is 10.1. The number of sulfonamides is 1. The van der Waals surface area contributed by atoms with E-state index >= 15 is 0 Å². The van der Waals surface area contributed by atoms with Gasteiger partial charge >= 0.3 is 0 Å². The summed E-state index contributed by atoms with van der Waals surface area (Å²) in [6.07, 6.45) is 3.73. The maximum absolute atomic E-state index is 12.7. The molecule has 21 heavy (non-hydrogen) atoms. The molecular weight excluding hydrogens is 292 g/mol. The zero-order chi connectivity index (χ0) is 15.6. The van der Waals surface area contributed by atoms with E-state index in [0.717, 1.165) is 25.7 Å². The summed E-state index contributed by atoms with van der Waals surface area (Å²) in [6.45, 7) is 4.31. The van der Waals surface area contributed by atoms with Crippen LogP contribution in [0.3, 0.4) is 0 Å². The molecule has 1 aliphatic heterocycles. The molecule has 1 aliphatic rings. The second kappa shape index (κ2) is 6.11. The predicted octanol–water partition coefficient (Wildman–Crippen LogP) is 2.78. The summed E-state index contributed by atoms with van der Waals surface area (Å²) in [7, 11) is -3.65. The smallest absolute Gasteiger partial charge is 0.258 e. The van der Waals surface area contributed by atoms with Gasteiger partial charge in [-0.2, -0.15) is 4.31 Å². The fourth-order valence-corrected chi connectivity index (χ4v) is 4.20. The first-order chi connectivity index (χ1) is 9.84. The molecule has 7 heteroatoms. The van der Waals surface area contributed by atoms with Crippen molar-refractivity contribution in [3.05, 3.63) is 33.4 Å². The monoisotopic (exact) mass is 312 g/mol. The lowest BCUT2D eigenvalue weighted by molar-refractivity contribution is -0.385. The van der Waals surface area contributed by atoms with E-state index in [2.05, 4.69) is 0 Å². The number of nitro groups is 1. The van der Waals surface area contributed by atoms with Gasteiger partial charge in [-0.05, 0) is 38.3 Å². The van der Waals surface area contributed by atoms with Gasteiger partial charge < -0.3 is 0 Å². The van der Waals surface area contributed by atoms with Crippen LogP contribution in [0.2, 0.25) is 0 Å². The molecule has 0 N–H and O–H groups in total. The van der Waals surface area contributed by atoms with Crippen molar-refractivity contribution < 1.29 is 13.3 Å². The van der Waals surface area contributed by atoms with Crippen molar-refractivity contribution in [2.75, 3.05) is 13.1 Å². The maximum atomic E-state index is 12.7. The molecule has 1 saturated heterocycles. The Morgan fingerprint density at radius 2 is 1.67 bits per heavy atom. The normalized spacial score (nSPS) is 17.4. The van der Waals surface area contributed by atoms with Crippen LogP contribution in [0.25, 0.3) is 0 Å². The number of nitrogens with zero attached hydrogens (tertiary/aromatic N) is 2. The summed E-state index contributed by atoms with van der Waals surface area (Å²) < 4.78 is 26.8. The lowest BCUT2D eigenvalue weighted by Gasteiger charge is -2.20. The van der Waals surface area contributed by atoms with Crippen LogP contribution < -0.4 is 0 Å². The highest BCUT2D eigenvalue weighted by atomic mass is 32.2. The van der Waals surface area contributed by atoms with Gasteiger partial charge in [-0.3, -0.25) is 10.1 Å². The predicted molar refractivity (Wildman–Crippen MR) is 79.8 cm³/mol. The van der Waals surface area contributed by atoms with Crippen LogP contribution in [0.4, 0.5) is 5.69 Å². The van der Waals surface area contributed by atoms with Crippen LogP contribution in [0, 0.1) is 24.0 Å². The van der Waals surface area contributed by atoms with Gasteiger partial charge in [0.05, 0.1) is 9.82 Å². The Balaban J connectivity index is 2.46. The summed E-state index contributed by atoms with van der Waals surface area (Å²) in [5.41, 5.74) is 0.996. The summed E-state index contributed by atoms with van der Waals surface area (Å²) in [6, 6.07) is 2.71. The first kappa shape index (κ1) is 15.9. The first-order valence-corrected chi connectivity index (χ1v) is 8.54. The van der Waals surface area contributed by atoms with E-state index in [-0.39, 0.29) is 10.6 Å². The Morgan fingerprint density at radius 1 is 1.10 bits per heavy atom. The topological polar surface area (TPSA) is 80.5 Å². The van der Waals surface area contributed by atoms with Crippen molar-refractivity contribution in [1.82, 2.24) is 4.31 Å². The maximum Gasteiger partial charge on any atom is 0.273 e. The highest BCUT2D eigenvalue weighted by Gasteiger charge is 2.28. The van der Waals surface area contributed by atoms with E-state index < -0.39 is 14.9 Å². The molecule has 1 heterocycles. The highest BCUT2D eigenvalue weighted by Crippen LogP contribution is 2.28. The third-order valence-corrected chi connectivity index (χ3v) is 5.89. The second-order valence-electron chi connectivity index (χ2n) is 5.46. The summed E-state index contributed by atoms with van der Waals surface area (Å²) in [5.74, 6) is 0. The molecule has 0 radical (unpaired) electrons. The van der Waals surface area contributed by atoms with Gasteiger partial charge in [-0.25, -0.2) is 8.42 Å². The third-order valence-electron chi connectivity index (χ3n) is 4.01. The number of rotatable bonds is 3. The minimum atomic E-state index is -3.65. The number of benzene rings is 1. The van der Waals surface area contributed by atoms with E-state index in [1.165, 1.54) is 16.4 Å². The minimum Gasteiger partial charge on any atom is -0.258 e. The average Bonchev–Trinajstić information content (AvgIpc) is 2.70. The zero-order valence-electron chi connectivity index (χ0n) is 12.3. The molecule has 116 valence electrons. The van der Waals surface area contributed by atoms with Gasteiger partial charge in [0.1, 0.15) is 0 Å². The molecular formula is C14H20N2O4S. The SMILES string of the molecule is Cc1cc(S(=O)(=O)N2CCCCCC2)cc([N+](=O)[O-])c1C. The molecule has 0 unspecified atom stereocenters. The Hall–Kier alpha value is -1.47. The zero-order valence-corrected chi connectivity index (χ0v) is 13.1. The van der Waals surface area contributed by atoms with Crippen LogP contribution in [0.1, 0.15) is 36.8 Å². The number of hydrogen-bond acceptors (Lipinski definition) is 4. The molecule has 0 aliphatic carbocycles. The van der Waals surface area contributed by atoms with Crippen molar-refractivity contribution >= 4 is 15.7 Å². The quantitative estimate of drug-likeness (QED) is 0.635. The molecule has 1 aromatic rings. The van der Waals surface area contributed by atoms with Crippen LogP contribution >= 0.6 is 0 Å². The molecule has 6 nitrogen and oxygen atoms in total. The van der Waals surface area contributed by atoms with Crippen LogP contribution in [-0.4, -0.2) is 30.7 Å². The molecule has 0 spiro atoms. The van der Waals surface area contributed by atoms with E-state index in [4.69, 9.17) is 0 Å². The molecule has 0 aromatic heterocycles. The molecule has 1 aromatic carbocycles. The molecule has 1 fully saturated rings. The van der Waals surface area contributed by atoms with Gasteiger partial charge in [0.15, 0.2) is 0 Å². The van der Waals surface area contributed by atoms with Crippen LogP contribution in [-0.2, 0) is 10.0 Å². The number of aryl methyl sites for hydroxylation is 1. The Morgan fingerprint density at radius 3 is 2.19 bits per heavy atom. The van der Waals surface area contributed by atoms with Crippen molar-refractivity contribution in [3.8, 4) is 0 Å². The van der Waals surface area contributed by atoms with E-state index in [0.29, 0.717) is 24.2 Å². The van der Waals surface area contributed by atoms with E-state index in [9.17, 15) is 18.5 Å². The van der Waals surface area contributed by atoms with Gasteiger partial charge in [0, 0.05) is 24.7 Å². The minimum absolute atomic E-state index is 0.0270. The molecule has 0 bridgehead atoms. The van der Waals surface area contributed by atoms with Crippen molar-refractivity contribution in [3.63, 3.8) is 0 Å². The highest BCUT2D eigenvalue weighted by molar-refractivity contribution is 7.89. The van der Waals surface area contributed by atoms with Gasteiger partial charge in [0.25, 0.3) is 5.69 Å². The van der Waals surface area contributed by atoms with Gasteiger partial charge in [0.2, 0.25) is 10.0 Å². The second-order valence-corrected chi connectivity index (χ2v) is 7.40. The number of nitro benzene ring substituents is 1. The number of hydrogen-bond donors (Lipinski definition) is 0. The fourth-order valence-electron chi connectivity index (χ4n) is 2.58. The van der Waals surface area contributed by atoms with Gasteiger partial charge in [-0.1, -0.05) is 12.8 Å². The fraction of sp³-hybridized carbons (Fsp3) is 0.571. The van der Waals surface area contributed by atoms with Crippen LogP contribution in [0.15, 0.2) is 17.0 Å². The molecule has 0 saturated carbocycles. The third kappa shape index (κ3) is 3.24. The largest absolute Gasteiger partial charge is 0.273 e. The molecule has 0 amide bonds. The van der Waals surface area contributed by atoms with Crippen molar-refractivity contribution in [2.24, 2.45) is 0 Å². The first-order valence-electron chi connectivity index (χ1n) is 7.10. The molecule has 0 atom stereocenters. The van der Waals surface area contributed by atoms with Gasteiger partial charge in [-0.15, -0.1) is 0 Å². The Labute approximate surface area is 125 Å². The summed E-state index contributed by atoms with van der Waals surface area (Å²) in [4.78, 5) is 10.6. The summed E-state index contributed by atoms with van der Waals surface area (Å²) in [5, 5.41) is 11.1. The average molecular weight is 312 g/mol. The Bertz CT molecular complexity index is 647. The van der Waals surface area contributed by atoms with E-state index in [1.807, 2.05) is 0 Å². The van der Waals surface area contributed by atoms with Crippen molar-refractivity contribution in [1.29, 1.82) is 0 Å². The molecule has 2 rings (SSSR count). The van der Waals surface area contributed by atoms with Crippen molar-refractivity contribution in [2.45, 2.75) is 44.4 Å². The Kier molecular flexibility index (Phi) is 4.63. The standard InChI is InChI=1S/C14H20N2O4S/c1-11-9-13(10-14(12(11)2)16(17)18)21(19,20)15-7-5-3-4-6-8-15/h9-10H,3-8H2,1-2H3. The van der Waals surface area contributed by atoms with Crippen LogP contribution in [0.5, 0.6) is 0 Å². The summed E-state index contributed by atoms with van der Waals surface area (Å²) >= 11 is 0. The lowest BCUT2D eigenvalue weighted by Crippen LogP contribution is -2.32.